The maximum Gasteiger partial charge on any atom is 0.414 e. The van der Waals surface area contributed by atoms with Crippen LogP contribution < -0.4 is 4.90 Å². The van der Waals surface area contributed by atoms with E-state index in [-0.39, 0.29) is 24.1 Å². The molecule has 0 radical (unpaired) electrons. The Hall–Kier alpha value is -1.31. The number of carbonyl (C=O) groups excluding carboxylic acids is 1. The second kappa shape index (κ2) is 9.88. The summed E-state index contributed by atoms with van der Waals surface area (Å²) in [4.78, 5) is 14.7. The molecule has 0 saturated carbocycles. The highest BCUT2D eigenvalue weighted by Gasteiger charge is 2.33. The van der Waals surface area contributed by atoms with Gasteiger partial charge in [-0.2, -0.15) is 0 Å². The third-order valence-electron chi connectivity index (χ3n) is 5.61. The summed E-state index contributed by atoms with van der Waals surface area (Å²) in [5.41, 5.74) is 1.79. The van der Waals surface area contributed by atoms with Crippen LogP contribution in [-0.2, 0) is 21.2 Å². The van der Waals surface area contributed by atoms with E-state index in [1.807, 2.05) is 18.2 Å². The Bertz CT molecular complexity index is 960. The highest BCUT2D eigenvalue weighted by Crippen LogP contribution is 2.34. The SMILES string of the molecule is CCCC(CCC(C)S(=O)(=O)C1=CCC(Cl)C=C1)N1C(=O)OCc2cc(Br)ccc21. The van der Waals surface area contributed by atoms with E-state index in [0.717, 1.165) is 28.6 Å². The summed E-state index contributed by atoms with van der Waals surface area (Å²) in [5.74, 6) is 0. The van der Waals surface area contributed by atoms with Crippen LogP contribution >= 0.6 is 27.5 Å². The summed E-state index contributed by atoms with van der Waals surface area (Å²) in [7, 11) is -3.43. The number of rotatable bonds is 8. The predicted octanol–water partition coefficient (Wildman–Crippen LogP) is 6.11. The van der Waals surface area contributed by atoms with E-state index in [4.69, 9.17) is 16.3 Å². The van der Waals surface area contributed by atoms with Crippen molar-refractivity contribution in [1.82, 2.24) is 0 Å². The van der Waals surface area contributed by atoms with Gasteiger partial charge in [0.05, 0.1) is 21.2 Å². The molecule has 1 aliphatic heterocycles. The van der Waals surface area contributed by atoms with Crippen LogP contribution in [0.25, 0.3) is 0 Å². The Morgan fingerprint density at radius 3 is 2.73 bits per heavy atom. The molecule has 1 aromatic carbocycles. The van der Waals surface area contributed by atoms with E-state index in [0.29, 0.717) is 24.2 Å². The predicted molar refractivity (Wildman–Crippen MR) is 125 cm³/mol. The quantitative estimate of drug-likeness (QED) is 0.391. The molecule has 0 bridgehead atoms. The van der Waals surface area contributed by atoms with Crippen molar-refractivity contribution in [2.75, 3.05) is 4.90 Å². The zero-order valence-electron chi connectivity index (χ0n) is 17.2. The van der Waals surface area contributed by atoms with Crippen molar-refractivity contribution in [3.05, 3.63) is 51.4 Å². The van der Waals surface area contributed by atoms with Gasteiger partial charge in [0.15, 0.2) is 9.84 Å². The molecule has 1 aromatic rings. The number of cyclic esters (lactones) is 1. The fraction of sp³-hybridized carbons (Fsp3) is 0.500. The molecule has 3 atom stereocenters. The van der Waals surface area contributed by atoms with Crippen molar-refractivity contribution in [1.29, 1.82) is 0 Å². The van der Waals surface area contributed by atoms with Crippen molar-refractivity contribution in [3.63, 3.8) is 0 Å². The van der Waals surface area contributed by atoms with Gasteiger partial charge in [-0.25, -0.2) is 13.2 Å². The van der Waals surface area contributed by atoms with Crippen molar-refractivity contribution in [2.24, 2.45) is 0 Å². The van der Waals surface area contributed by atoms with Gasteiger partial charge in [0.25, 0.3) is 0 Å². The molecular weight excluding hydrogens is 490 g/mol. The summed E-state index contributed by atoms with van der Waals surface area (Å²) >= 11 is 9.48. The van der Waals surface area contributed by atoms with Crippen LogP contribution in [0.15, 0.2) is 45.8 Å². The lowest BCUT2D eigenvalue weighted by Gasteiger charge is -2.36. The van der Waals surface area contributed by atoms with Gasteiger partial charge in [-0.05, 0) is 56.9 Å². The van der Waals surface area contributed by atoms with E-state index in [1.54, 1.807) is 30.1 Å². The maximum absolute atomic E-state index is 13.0. The van der Waals surface area contributed by atoms with E-state index in [2.05, 4.69) is 22.9 Å². The molecule has 3 rings (SSSR count). The molecule has 0 fully saturated rings. The number of allylic oxidation sites excluding steroid dienone is 3. The number of anilines is 1. The molecule has 2 aliphatic rings. The van der Waals surface area contributed by atoms with Crippen LogP contribution in [0.5, 0.6) is 0 Å². The maximum atomic E-state index is 13.0. The first-order valence-corrected chi connectivity index (χ1v) is 13.0. The fourth-order valence-electron chi connectivity index (χ4n) is 3.89. The molecule has 0 spiro atoms. The third kappa shape index (κ3) is 5.11. The minimum atomic E-state index is -3.43. The number of hydrogen-bond acceptors (Lipinski definition) is 4. The molecule has 1 heterocycles. The van der Waals surface area contributed by atoms with Gasteiger partial charge >= 0.3 is 6.09 Å². The van der Waals surface area contributed by atoms with Crippen LogP contribution in [-0.4, -0.2) is 31.2 Å². The summed E-state index contributed by atoms with van der Waals surface area (Å²) in [6.45, 7) is 4.04. The molecule has 0 saturated heterocycles. The number of carbonyl (C=O) groups is 1. The summed E-state index contributed by atoms with van der Waals surface area (Å²) < 4.78 is 32.3. The standard InChI is InChI=1S/C22H27BrClNO4S/c1-3-4-19(25-21-12-6-17(23)13-16(21)14-29-22(25)26)9-5-15(2)30(27,28)20-10-7-18(24)8-11-20/h6-7,10-13,15,18-19H,3-5,8-9,14H2,1-2H3. The number of sulfone groups is 1. The molecule has 5 nitrogen and oxygen atoms in total. The summed E-state index contributed by atoms with van der Waals surface area (Å²) in [6, 6.07) is 5.66. The zero-order valence-corrected chi connectivity index (χ0v) is 20.3. The fourth-order valence-corrected chi connectivity index (χ4v) is 5.97. The first-order chi connectivity index (χ1) is 14.2. The Morgan fingerprint density at radius 2 is 2.07 bits per heavy atom. The van der Waals surface area contributed by atoms with Gasteiger partial charge < -0.3 is 4.74 Å². The average molecular weight is 517 g/mol. The van der Waals surface area contributed by atoms with Crippen LogP contribution in [0.1, 0.15) is 51.5 Å². The number of benzene rings is 1. The Morgan fingerprint density at radius 1 is 1.30 bits per heavy atom. The molecule has 30 heavy (non-hydrogen) atoms. The molecule has 164 valence electrons. The van der Waals surface area contributed by atoms with Crippen molar-refractivity contribution in [3.8, 4) is 0 Å². The Kier molecular flexibility index (Phi) is 7.69. The van der Waals surface area contributed by atoms with Gasteiger partial charge in [-0.1, -0.05) is 41.4 Å². The van der Waals surface area contributed by atoms with Gasteiger partial charge in [0.1, 0.15) is 6.61 Å². The van der Waals surface area contributed by atoms with Crippen molar-refractivity contribution < 1.29 is 17.9 Å². The smallest absolute Gasteiger partial charge is 0.414 e. The molecule has 8 heteroatoms. The minimum absolute atomic E-state index is 0.122. The number of amides is 1. The number of halogens is 2. The van der Waals surface area contributed by atoms with Gasteiger partial charge in [0, 0.05) is 16.1 Å². The van der Waals surface area contributed by atoms with E-state index < -0.39 is 15.1 Å². The highest BCUT2D eigenvalue weighted by atomic mass is 79.9. The number of ether oxygens (including phenoxy) is 1. The lowest BCUT2D eigenvalue weighted by Crippen LogP contribution is -2.44. The molecule has 1 aliphatic carbocycles. The molecule has 3 unspecified atom stereocenters. The first kappa shape index (κ1) is 23.4. The van der Waals surface area contributed by atoms with Gasteiger partial charge in [-0.15, -0.1) is 11.6 Å². The second-order valence-electron chi connectivity index (χ2n) is 7.79. The van der Waals surface area contributed by atoms with E-state index in [9.17, 15) is 13.2 Å². The summed E-state index contributed by atoms with van der Waals surface area (Å²) in [6.07, 6.45) is 7.86. The molecule has 1 amide bonds. The third-order valence-corrected chi connectivity index (χ3v) is 8.69. The number of hydrogen-bond donors (Lipinski definition) is 0. The normalized spacial score (nSPS) is 20.9. The Balaban J connectivity index is 1.77. The number of nitrogens with zero attached hydrogens (tertiary/aromatic N) is 1. The van der Waals surface area contributed by atoms with E-state index in [1.165, 1.54) is 0 Å². The molecule has 0 aromatic heterocycles. The lowest BCUT2D eigenvalue weighted by atomic mass is 10.0. The topological polar surface area (TPSA) is 63.7 Å². The monoisotopic (exact) mass is 515 g/mol. The van der Waals surface area contributed by atoms with Crippen molar-refractivity contribution in [2.45, 2.75) is 69.2 Å². The average Bonchev–Trinajstić information content (AvgIpc) is 2.71. The first-order valence-electron chi connectivity index (χ1n) is 10.2. The Labute approximate surface area is 192 Å². The van der Waals surface area contributed by atoms with Crippen LogP contribution in [0.2, 0.25) is 0 Å². The largest absolute Gasteiger partial charge is 0.444 e. The van der Waals surface area contributed by atoms with E-state index >= 15 is 0 Å². The zero-order chi connectivity index (χ0) is 21.9. The minimum Gasteiger partial charge on any atom is -0.444 e. The number of fused-ring (bicyclic) bond motifs is 1. The molecule has 0 N–H and O–H groups in total. The van der Waals surface area contributed by atoms with Crippen molar-refractivity contribution >= 4 is 49.1 Å². The van der Waals surface area contributed by atoms with Crippen LogP contribution in [0, 0.1) is 0 Å². The summed E-state index contributed by atoms with van der Waals surface area (Å²) in [5, 5.41) is -0.705. The van der Waals surface area contributed by atoms with Gasteiger partial charge in [-0.3, -0.25) is 4.90 Å². The van der Waals surface area contributed by atoms with Crippen LogP contribution in [0.3, 0.4) is 0 Å². The highest BCUT2D eigenvalue weighted by molar-refractivity contribution is 9.10. The molecular formula is C22H27BrClNO4S. The lowest BCUT2D eigenvalue weighted by molar-refractivity contribution is 0.137. The second-order valence-corrected chi connectivity index (χ2v) is 11.6. The van der Waals surface area contributed by atoms with Gasteiger partial charge in [0.2, 0.25) is 0 Å². The van der Waals surface area contributed by atoms with Crippen LogP contribution in [0.4, 0.5) is 10.5 Å². The number of alkyl halides is 1.